The quantitative estimate of drug-likeness (QED) is 0.792. The molecule has 0 aliphatic rings. The molecule has 1 aromatic heterocycles. The molecule has 2 rings (SSSR count). The fraction of sp³-hybridized carbons (Fsp3) is 0.118. The smallest absolute Gasteiger partial charge is 0.433 e. The van der Waals surface area contributed by atoms with Crippen LogP contribution in [0.5, 0.6) is 0 Å². The van der Waals surface area contributed by atoms with Crippen molar-refractivity contribution in [3.05, 3.63) is 71.2 Å². The molecule has 136 valence electrons. The molecule has 2 N–H and O–H groups in total. The van der Waals surface area contributed by atoms with Crippen molar-refractivity contribution in [3.63, 3.8) is 0 Å². The summed E-state index contributed by atoms with van der Waals surface area (Å²) in [5.41, 5.74) is -0.902. The van der Waals surface area contributed by atoms with Gasteiger partial charge in [0.15, 0.2) is 0 Å². The third-order valence-corrected chi connectivity index (χ3v) is 3.07. The maximum Gasteiger partial charge on any atom is 0.433 e. The molecule has 0 bridgehead atoms. The second kappa shape index (κ2) is 8.15. The van der Waals surface area contributed by atoms with Crippen LogP contribution in [0.2, 0.25) is 0 Å². The average molecular weight is 366 g/mol. The molecule has 26 heavy (non-hydrogen) atoms. The number of halogens is 3. The summed E-state index contributed by atoms with van der Waals surface area (Å²) in [4.78, 5) is 26.1. The Balaban J connectivity index is 2.04. The monoisotopic (exact) mass is 366 g/mol. The van der Waals surface area contributed by atoms with Gasteiger partial charge >= 0.3 is 18.2 Å². The van der Waals surface area contributed by atoms with E-state index in [0.29, 0.717) is 11.6 Å². The standard InChI is InChI=1S/C17H13F3N2O4/c18-17(19,20)14-7-6-12(9-21-14)8-13(15(23)24)22-16(25)26-10-11-4-2-1-3-5-11/h1-9H,10H2,(H,22,25)(H,23,24). The van der Waals surface area contributed by atoms with Crippen LogP contribution >= 0.6 is 0 Å². The van der Waals surface area contributed by atoms with Crippen LogP contribution in [-0.2, 0) is 22.3 Å². The fourth-order valence-electron chi connectivity index (χ4n) is 1.85. The van der Waals surface area contributed by atoms with E-state index >= 15 is 0 Å². The normalized spacial score (nSPS) is 11.7. The zero-order chi connectivity index (χ0) is 19.2. The second-order valence-corrected chi connectivity index (χ2v) is 5.02. The Labute approximate surface area is 145 Å². The van der Waals surface area contributed by atoms with E-state index in [9.17, 15) is 22.8 Å². The highest BCUT2D eigenvalue weighted by Crippen LogP contribution is 2.27. The van der Waals surface area contributed by atoms with Gasteiger partial charge in [-0.15, -0.1) is 0 Å². The number of amides is 1. The largest absolute Gasteiger partial charge is 0.477 e. The van der Waals surface area contributed by atoms with Gasteiger partial charge in [-0.2, -0.15) is 13.2 Å². The van der Waals surface area contributed by atoms with Crippen molar-refractivity contribution in [1.82, 2.24) is 10.3 Å². The first-order valence-corrected chi connectivity index (χ1v) is 7.21. The number of carboxylic acid groups (broad SMARTS) is 1. The highest BCUT2D eigenvalue weighted by atomic mass is 19.4. The number of pyridine rings is 1. The van der Waals surface area contributed by atoms with Crippen LogP contribution in [0.3, 0.4) is 0 Å². The van der Waals surface area contributed by atoms with Crippen LogP contribution in [-0.4, -0.2) is 22.2 Å². The highest BCUT2D eigenvalue weighted by molar-refractivity contribution is 5.95. The van der Waals surface area contributed by atoms with E-state index in [0.717, 1.165) is 18.3 Å². The Bertz CT molecular complexity index is 803. The number of hydrogen-bond acceptors (Lipinski definition) is 4. The number of ether oxygens (including phenoxy) is 1. The molecule has 1 amide bonds. The lowest BCUT2D eigenvalue weighted by molar-refractivity contribution is -0.141. The van der Waals surface area contributed by atoms with E-state index in [4.69, 9.17) is 9.84 Å². The van der Waals surface area contributed by atoms with Crippen LogP contribution in [0.25, 0.3) is 6.08 Å². The maximum atomic E-state index is 12.5. The van der Waals surface area contributed by atoms with Crippen molar-refractivity contribution in [3.8, 4) is 0 Å². The summed E-state index contributed by atoms with van der Waals surface area (Å²) in [5.74, 6) is -1.48. The molecular weight excluding hydrogens is 353 g/mol. The van der Waals surface area contributed by atoms with Gasteiger partial charge in [-0.3, -0.25) is 10.3 Å². The number of nitrogens with zero attached hydrogens (tertiary/aromatic N) is 1. The lowest BCUT2D eigenvalue weighted by Gasteiger charge is -2.08. The summed E-state index contributed by atoms with van der Waals surface area (Å²) in [6.07, 6.45) is -3.79. The van der Waals surface area contributed by atoms with Crippen molar-refractivity contribution in [2.24, 2.45) is 0 Å². The number of carbonyl (C=O) groups excluding carboxylic acids is 1. The minimum atomic E-state index is -4.60. The number of hydrogen-bond donors (Lipinski definition) is 2. The molecule has 2 aromatic rings. The Morgan fingerprint density at radius 3 is 2.38 bits per heavy atom. The van der Waals surface area contributed by atoms with Crippen molar-refractivity contribution < 1.29 is 32.6 Å². The van der Waals surface area contributed by atoms with E-state index in [1.807, 2.05) is 5.32 Å². The van der Waals surface area contributed by atoms with E-state index in [1.165, 1.54) is 0 Å². The number of rotatable bonds is 5. The van der Waals surface area contributed by atoms with Crippen molar-refractivity contribution in [2.75, 3.05) is 0 Å². The van der Waals surface area contributed by atoms with Crippen LogP contribution in [0, 0.1) is 0 Å². The molecule has 0 saturated heterocycles. The summed E-state index contributed by atoms with van der Waals surface area (Å²) < 4.78 is 42.3. The van der Waals surface area contributed by atoms with Crippen LogP contribution in [0.4, 0.5) is 18.0 Å². The number of carbonyl (C=O) groups is 2. The van der Waals surface area contributed by atoms with Crippen molar-refractivity contribution in [1.29, 1.82) is 0 Å². The van der Waals surface area contributed by atoms with Gasteiger partial charge in [0.05, 0.1) is 0 Å². The van der Waals surface area contributed by atoms with Crippen LogP contribution < -0.4 is 5.32 Å². The van der Waals surface area contributed by atoms with E-state index in [-0.39, 0.29) is 12.2 Å². The number of aromatic nitrogens is 1. The third kappa shape index (κ3) is 5.62. The second-order valence-electron chi connectivity index (χ2n) is 5.02. The number of alkyl halides is 3. The molecule has 1 heterocycles. The van der Waals surface area contributed by atoms with Gasteiger partial charge in [0.1, 0.15) is 18.0 Å². The van der Waals surface area contributed by atoms with Gasteiger partial charge in [0, 0.05) is 6.20 Å². The van der Waals surface area contributed by atoms with Gasteiger partial charge in [-0.1, -0.05) is 36.4 Å². The Kier molecular flexibility index (Phi) is 5.94. The summed E-state index contributed by atoms with van der Waals surface area (Å²) in [7, 11) is 0. The van der Waals surface area contributed by atoms with Gasteiger partial charge in [-0.25, -0.2) is 9.59 Å². The lowest BCUT2D eigenvalue weighted by atomic mass is 10.2. The van der Waals surface area contributed by atoms with Gasteiger partial charge in [-0.05, 0) is 23.3 Å². The molecule has 0 fully saturated rings. The summed E-state index contributed by atoms with van der Waals surface area (Å²) in [6.45, 7) is -0.0680. The molecule has 0 aliphatic heterocycles. The molecule has 0 atom stereocenters. The highest BCUT2D eigenvalue weighted by Gasteiger charge is 2.31. The van der Waals surface area contributed by atoms with Crippen LogP contribution in [0.1, 0.15) is 16.8 Å². The van der Waals surface area contributed by atoms with Gasteiger partial charge < -0.3 is 9.84 Å². The molecule has 0 spiro atoms. The summed E-state index contributed by atoms with van der Waals surface area (Å²) >= 11 is 0. The number of carboxylic acids is 1. The Hall–Kier alpha value is -3.36. The van der Waals surface area contributed by atoms with Crippen molar-refractivity contribution in [2.45, 2.75) is 12.8 Å². The third-order valence-electron chi connectivity index (χ3n) is 3.07. The van der Waals surface area contributed by atoms with Gasteiger partial charge in [0.2, 0.25) is 0 Å². The Morgan fingerprint density at radius 2 is 1.85 bits per heavy atom. The molecule has 0 unspecified atom stereocenters. The first-order chi connectivity index (χ1) is 12.3. The molecule has 9 heteroatoms. The molecule has 0 saturated carbocycles. The van der Waals surface area contributed by atoms with E-state index < -0.39 is 29.6 Å². The predicted octanol–water partition coefficient (Wildman–Crippen LogP) is 3.45. The predicted molar refractivity (Wildman–Crippen MR) is 84.6 cm³/mol. The summed E-state index contributed by atoms with van der Waals surface area (Å²) in [5, 5.41) is 11.1. The molecular formula is C17H13F3N2O4. The maximum absolute atomic E-state index is 12.5. The summed E-state index contributed by atoms with van der Waals surface area (Å²) in [6, 6.07) is 10.5. The van der Waals surface area contributed by atoms with Crippen molar-refractivity contribution >= 4 is 18.1 Å². The minimum absolute atomic E-state index is 0.0680. The van der Waals surface area contributed by atoms with E-state index in [1.54, 1.807) is 30.3 Å². The van der Waals surface area contributed by atoms with Gasteiger partial charge in [0.25, 0.3) is 0 Å². The molecule has 6 nitrogen and oxygen atoms in total. The molecule has 1 aromatic carbocycles. The first kappa shape index (κ1) is 19.0. The number of nitrogens with one attached hydrogen (secondary N) is 1. The zero-order valence-electron chi connectivity index (χ0n) is 13.2. The minimum Gasteiger partial charge on any atom is -0.477 e. The van der Waals surface area contributed by atoms with Crippen LogP contribution in [0.15, 0.2) is 54.4 Å². The number of alkyl carbamates (subject to hydrolysis) is 1. The fourth-order valence-corrected chi connectivity index (χ4v) is 1.85. The SMILES string of the molecule is O=C(NC(=Cc1ccc(C(F)(F)F)nc1)C(=O)O)OCc1ccccc1. The molecule has 0 radical (unpaired) electrons. The Morgan fingerprint density at radius 1 is 1.15 bits per heavy atom. The van der Waals surface area contributed by atoms with E-state index in [2.05, 4.69) is 4.98 Å². The lowest BCUT2D eigenvalue weighted by Crippen LogP contribution is -2.27. The molecule has 0 aliphatic carbocycles. The zero-order valence-corrected chi connectivity index (χ0v) is 13.2. The first-order valence-electron chi connectivity index (χ1n) is 7.21. The number of aliphatic carboxylic acids is 1. The average Bonchev–Trinajstić information content (AvgIpc) is 2.60. The number of benzene rings is 1. The topological polar surface area (TPSA) is 88.5 Å².